The van der Waals surface area contributed by atoms with Gasteiger partial charge in [-0.05, 0) is 25.2 Å². The number of likely N-dealkylation sites (tertiary alicyclic amines) is 1. The van der Waals surface area contributed by atoms with E-state index < -0.39 is 0 Å². The summed E-state index contributed by atoms with van der Waals surface area (Å²) in [5.41, 5.74) is 2.48. The fourth-order valence-electron chi connectivity index (χ4n) is 2.33. The smallest absolute Gasteiger partial charge is 0.263 e. The molecule has 6 heteroatoms. The van der Waals surface area contributed by atoms with E-state index in [-0.39, 0.29) is 24.3 Å². The molecular formula is C14H21N3O2S. The van der Waals surface area contributed by atoms with E-state index in [1.54, 1.807) is 5.51 Å². The van der Waals surface area contributed by atoms with Crippen LogP contribution in [-0.4, -0.2) is 41.3 Å². The van der Waals surface area contributed by atoms with Crippen molar-refractivity contribution in [1.29, 1.82) is 0 Å². The molecule has 2 heterocycles. The van der Waals surface area contributed by atoms with Gasteiger partial charge in [-0.2, -0.15) is 0 Å². The topological polar surface area (TPSA) is 62.3 Å². The number of hydrogen-bond donors (Lipinski definition) is 1. The largest absolute Gasteiger partial charge is 0.342 e. The fourth-order valence-corrected chi connectivity index (χ4v) is 3.19. The van der Waals surface area contributed by atoms with E-state index in [1.165, 1.54) is 17.8 Å². The highest BCUT2D eigenvalue weighted by Crippen LogP contribution is 2.21. The summed E-state index contributed by atoms with van der Waals surface area (Å²) in [6.07, 6.45) is 3.31. The Morgan fingerprint density at radius 1 is 1.35 bits per heavy atom. The normalized spacial score (nSPS) is 15.4. The molecule has 0 aliphatic carbocycles. The van der Waals surface area contributed by atoms with Crippen LogP contribution in [0.25, 0.3) is 0 Å². The first kappa shape index (κ1) is 15.0. The summed E-state index contributed by atoms with van der Waals surface area (Å²) < 4.78 is 0. The van der Waals surface area contributed by atoms with Crippen LogP contribution in [0.4, 0.5) is 0 Å². The van der Waals surface area contributed by atoms with Crippen molar-refractivity contribution in [2.24, 2.45) is 0 Å². The van der Waals surface area contributed by atoms with Crippen LogP contribution >= 0.6 is 11.3 Å². The molecule has 1 saturated heterocycles. The van der Waals surface area contributed by atoms with Crippen LogP contribution in [0.2, 0.25) is 0 Å². The molecule has 1 N–H and O–H groups in total. The van der Waals surface area contributed by atoms with Gasteiger partial charge in [0.1, 0.15) is 4.88 Å². The lowest BCUT2D eigenvalue weighted by Gasteiger charge is -2.26. The van der Waals surface area contributed by atoms with Crippen LogP contribution in [0.5, 0.6) is 0 Å². The Balaban J connectivity index is 1.88. The van der Waals surface area contributed by atoms with Crippen LogP contribution < -0.4 is 5.32 Å². The SMILES string of the molecule is CC(C)c1ncsc1C(=O)NCC(=O)N1CCCCC1. The molecule has 2 amide bonds. The fraction of sp³-hybridized carbons (Fsp3) is 0.643. The zero-order valence-electron chi connectivity index (χ0n) is 12.0. The number of carbonyl (C=O) groups excluding carboxylic acids is 2. The Morgan fingerprint density at radius 3 is 2.70 bits per heavy atom. The van der Waals surface area contributed by atoms with E-state index in [2.05, 4.69) is 10.3 Å². The third-order valence-electron chi connectivity index (χ3n) is 3.46. The van der Waals surface area contributed by atoms with Crippen molar-refractivity contribution in [3.8, 4) is 0 Å². The van der Waals surface area contributed by atoms with E-state index in [1.807, 2.05) is 18.7 Å². The molecule has 1 aliphatic heterocycles. The predicted molar refractivity (Wildman–Crippen MR) is 79.0 cm³/mol. The number of nitrogens with zero attached hydrogens (tertiary/aromatic N) is 2. The van der Waals surface area contributed by atoms with Crippen molar-refractivity contribution in [3.05, 3.63) is 16.1 Å². The van der Waals surface area contributed by atoms with Gasteiger partial charge in [0.05, 0.1) is 17.7 Å². The molecule has 0 spiro atoms. The molecule has 0 radical (unpaired) electrons. The molecule has 1 aromatic rings. The summed E-state index contributed by atoms with van der Waals surface area (Å²) >= 11 is 1.33. The number of amides is 2. The van der Waals surface area contributed by atoms with Gasteiger partial charge in [-0.1, -0.05) is 13.8 Å². The molecule has 5 nitrogen and oxygen atoms in total. The van der Waals surface area contributed by atoms with Crippen LogP contribution in [0.3, 0.4) is 0 Å². The highest BCUT2D eigenvalue weighted by atomic mass is 32.1. The molecule has 20 heavy (non-hydrogen) atoms. The summed E-state index contributed by atoms with van der Waals surface area (Å²) in [6.45, 7) is 5.71. The summed E-state index contributed by atoms with van der Waals surface area (Å²) in [4.78, 5) is 30.8. The van der Waals surface area contributed by atoms with Gasteiger partial charge < -0.3 is 10.2 Å². The molecule has 0 aromatic carbocycles. The Labute approximate surface area is 123 Å². The molecule has 0 bridgehead atoms. The van der Waals surface area contributed by atoms with Gasteiger partial charge in [-0.15, -0.1) is 11.3 Å². The van der Waals surface area contributed by atoms with Gasteiger partial charge in [-0.25, -0.2) is 4.98 Å². The second-order valence-corrected chi connectivity index (χ2v) is 6.20. The maximum Gasteiger partial charge on any atom is 0.263 e. The molecule has 1 aliphatic rings. The Morgan fingerprint density at radius 2 is 2.05 bits per heavy atom. The van der Waals surface area contributed by atoms with E-state index in [0.29, 0.717) is 4.88 Å². The molecule has 1 aromatic heterocycles. The number of carbonyl (C=O) groups is 2. The van der Waals surface area contributed by atoms with Gasteiger partial charge in [0.2, 0.25) is 5.91 Å². The lowest BCUT2D eigenvalue weighted by Crippen LogP contribution is -2.42. The highest BCUT2D eigenvalue weighted by molar-refractivity contribution is 7.11. The zero-order chi connectivity index (χ0) is 14.5. The number of hydrogen-bond acceptors (Lipinski definition) is 4. The average Bonchev–Trinajstić information content (AvgIpc) is 2.95. The summed E-state index contributed by atoms with van der Waals surface area (Å²) in [5, 5.41) is 2.72. The number of thiazole rings is 1. The highest BCUT2D eigenvalue weighted by Gasteiger charge is 2.20. The summed E-state index contributed by atoms with van der Waals surface area (Å²) in [5.74, 6) is 0.0232. The van der Waals surface area contributed by atoms with E-state index >= 15 is 0 Å². The molecule has 1 fully saturated rings. The quantitative estimate of drug-likeness (QED) is 0.924. The number of nitrogens with one attached hydrogen (secondary N) is 1. The maximum atomic E-state index is 12.1. The first-order valence-electron chi connectivity index (χ1n) is 7.09. The molecule has 0 unspecified atom stereocenters. The van der Waals surface area contributed by atoms with Crippen LogP contribution in [0.15, 0.2) is 5.51 Å². The Bertz CT molecular complexity index is 479. The zero-order valence-corrected chi connectivity index (χ0v) is 12.8. The van der Waals surface area contributed by atoms with Crippen LogP contribution in [0, 0.1) is 0 Å². The molecule has 0 saturated carbocycles. The van der Waals surface area contributed by atoms with E-state index in [0.717, 1.165) is 31.6 Å². The molecule has 0 atom stereocenters. The minimum Gasteiger partial charge on any atom is -0.342 e. The monoisotopic (exact) mass is 295 g/mol. The number of aromatic nitrogens is 1. The second kappa shape index (κ2) is 6.83. The minimum absolute atomic E-state index is 0.00802. The van der Waals surface area contributed by atoms with E-state index in [9.17, 15) is 9.59 Å². The first-order chi connectivity index (χ1) is 9.59. The standard InChI is InChI=1S/C14H21N3O2S/c1-10(2)12-13(20-9-16-12)14(19)15-8-11(18)17-6-4-3-5-7-17/h9-10H,3-8H2,1-2H3,(H,15,19). The maximum absolute atomic E-state index is 12.1. The van der Waals surface area contributed by atoms with Crippen LogP contribution in [0.1, 0.15) is 54.4 Å². The molecule has 2 rings (SSSR count). The summed E-state index contributed by atoms with van der Waals surface area (Å²) in [7, 11) is 0. The predicted octanol–water partition coefficient (Wildman–Crippen LogP) is 2.01. The van der Waals surface area contributed by atoms with E-state index in [4.69, 9.17) is 0 Å². The molecule has 110 valence electrons. The Hall–Kier alpha value is -1.43. The van der Waals surface area contributed by atoms with Gasteiger partial charge in [-0.3, -0.25) is 9.59 Å². The third-order valence-corrected chi connectivity index (χ3v) is 4.30. The van der Waals surface area contributed by atoms with Crippen molar-refractivity contribution < 1.29 is 9.59 Å². The lowest BCUT2D eigenvalue weighted by molar-refractivity contribution is -0.130. The Kier molecular flexibility index (Phi) is 5.11. The van der Waals surface area contributed by atoms with Gasteiger partial charge in [0.15, 0.2) is 0 Å². The van der Waals surface area contributed by atoms with Crippen LogP contribution in [-0.2, 0) is 4.79 Å². The lowest BCUT2D eigenvalue weighted by atomic mass is 10.1. The van der Waals surface area contributed by atoms with Crippen molar-refractivity contribution >= 4 is 23.2 Å². The van der Waals surface area contributed by atoms with Crippen molar-refractivity contribution in [1.82, 2.24) is 15.2 Å². The van der Waals surface area contributed by atoms with Gasteiger partial charge >= 0.3 is 0 Å². The van der Waals surface area contributed by atoms with Gasteiger partial charge in [0.25, 0.3) is 5.91 Å². The van der Waals surface area contributed by atoms with Crippen molar-refractivity contribution in [2.75, 3.05) is 19.6 Å². The summed E-state index contributed by atoms with van der Waals surface area (Å²) in [6, 6.07) is 0. The third kappa shape index (κ3) is 3.56. The first-order valence-corrected chi connectivity index (χ1v) is 7.97. The number of rotatable bonds is 4. The van der Waals surface area contributed by atoms with Gasteiger partial charge in [0, 0.05) is 13.1 Å². The second-order valence-electron chi connectivity index (χ2n) is 5.35. The number of piperidine rings is 1. The molecular weight excluding hydrogens is 274 g/mol. The van der Waals surface area contributed by atoms with Crippen molar-refractivity contribution in [2.45, 2.75) is 39.0 Å². The van der Waals surface area contributed by atoms with Crippen molar-refractivity contribution in [3.63, 3.8) is 0 Å². The minimum atomic E-state index is -0.193. The average molecular weight is 295 g/mol.